The molecule has 0 spiro atoms. The summed E-state index contributed by atoms with van der Waals surface area (Å²) in [7, 11) is 0. The quantitative estimate of drug-likeness (QED) is 0.788. The van der Waals surface area contributed by atoms with Crippen LogP contribution in [0.3, 0.4) is 0 Å². The summed E-state index contributed by atoms with van der Waals surface area (Å²) in [5.74, 6) is 0. The van der Waals surface area contributed by atoms with E-state index in [1.807, 2.05) is 49.6 Å². The van der Waals surface area contributed by atoms with E-state index in [9.17, 15) is 4.79 Å². The fourth-order valence-electron chi connectivity index (χ4n) is 1.99. The van der Waals surface area contributed by atoms with Gasteiger partial charge in [0.05, 0.1) is 6.04 Å². The molecular weight excluding hydrogens is 254 g/mol. The monoisotopic (exact) mass is 273 g/mol. The number of thioether (sulfide) groups is 1. The number of carbonyl (C=O) groups is 1. The van der Waals surface area contributed by atoms with Gasteiger partial charge in [0.1, 0.15) is 0 Å². The largest absolute Gasteiger partial charge is 0.303 e. The summed E-state index contributed by atoms with van der Waals surface area (Å²) in [6, 6.07) is 10.3. The van der Waals surface area contributed by atoms with E-state index in [-0.39, 0.29) is 16.0 Å². The highest BCUT2D eigenvalue weighted by atomic mass is 32.2. The van der Waals surface area contributed by atoms with Gasteiger partial charge < -0.3 is 4.90 Å². The number of hydrogen-bond acceptors (Lipinski definition) is 2. The van der Waals surface area contributed by atoms with Crippen molar-refractivity contribution >= 4 is 17.0 Å². The van der Waals surface area contributed by atoms with Gasteiger partial charge in [0, 0.05) is 10.9 Å². The molecule has 0 aliphatic carbocycles. The highest BCUT2D eigenvalue weighted by Gasteiger charge is 2.28. The minimum Gasteiger partial charge on any atom is -0.303 e. The van der Waals surface area contributed by atoms with Gasteiger partial charge in [0.25, 0.3) is 5.24 Å². The fraction of sp³-hybridized carbons (Fsp3) is 0.312. The first-order chi connectivity index (χ1) is 9.00. The maximum Gasteiger partial charge on any atom is 0.286 e. The van der Waals surface area contributed by atoms with Gasteiger partial charge >= 0.3 is 0 Å². The molecular formula is C16H19NOS. The van der Waals surface area contributed by atoms with Crippen LogP contribution in [0.2, 0.25) is 0 Å². The third kappa shape index (κ3) is 3.29. The fourth-order valence-corrected chi connectivity index (χ4v) is 3.02. The molecule has 2 rings (SSSR count). The van der Waals surface area contributed by atoms with E-state index in [0.29, 0.717) is 0 Å². The van der Waals surface area contributed by atoms with Crippen molar-refractivity contribution in [3.8, 4) is 0 Å². The molecule has 0 bridgehead atoms. The van der Waals surface area contributed by atoms with E-state index in [0.717, 1.165) is 5.56 Å². The Morgan fingerprint density at radius 3 is 2.53 bits per heavy atom. The smallest absolute Gasteiger partial charge is 0.286 e. The molecule has 1 unspecified atom stereocenters. The lowest BCUT2D eigenvalue weighted by Crippen LogP contribution is -2.33. The zero-order valence-electron chi connectivity index (χ0n) is 11.5. The van der Waals surface area contributed by atoms with Crippen molar-refractivity contribution in [2.75, 3.05) is 0 Å². The molecule has 0 saturated heterocycles. The second-order valence-corrected chi connectivity index (χ2v) is 6.69. The van der Waals surface area contributed by atoms with E-state index in [2.05, 4.69) is 26.0 Å². The molecule has 0 radical (unpaired) electrons. The first-order valence-electron chi connectivity index (χ1n) is 6.42. The van der Waals surface area contributed by atoms with Crippen LogP contribution in [0.15, 0.2) is 54.8 Å². The molecule has 19 heavy (non-hydrogen) atoms. The molecule has 1 atom stereocenters. The minimum atomic E-state index is -0.229. The predicted molar refractivity (Wildman–Crippen MR) is 82.0 cm³/mol. The van der Waals surface area contributed by atoms with Crippen molar-refractivity contribution in [1.82, 2.24) is 4.90 Å². The maximum absolute atomic E-state index is 12.4. The standard InChI is InChI=1S/C16H19NOS/c1-13-9-7-8-12-17(13)15(18)19-16(2,3)14-10-5-4-6-11-14/h4-13H,1-3H3. The summed E-state index contributed by atoms with van der Waals surface area (Å²) in [5, 5.41) is 0.0851. The lowest BCUT2D eigenvalue weighted by atomic mass is 10.0. The summed E-state index contributed by atoms with van der Waals surface area (Å²) < 4.78 is -0.229. The first kappa shape index (κ1) is 13.9. The number of benzene rings is 1. The van der Waals surface area contributed by atoms with Crippen molar-refractivity contribution in [3.05, 3.63) is 60.3 Å². The molecule has 100 valence electrons. The number of rotatable bonds is 2. The second kappa shape index (κ2) is 5.66. The minimum absolute atomic E-state index is 0.0851. The Labute approximate surface area is 119 Å². The lowest BCUT2D eigenvalue weighted by molar-refractivity contribution is 0.233. The van der Waals surface area contributed by atoms with Crippen molar-refractivity contribution < 1.29 is 4.79 Å². The maximum atomic E-state index is 12.4. The van der Waals surface area contributed by atoms with Gasteiger partial charge in [-0.05, 0) is 32.4 Å². The zero-order valence-corrected chi connectivity index (χ0v) is 12.4. The Kier molecular flexibility index (Phi) is 4.15. The van der Waals surface area contributed by atoms with E-state index in [1.54, 1.807) is 4.90 Å². The van der Waals surface area contributed by atoms with E-state index in [4.69, 9.17) is 0 Å². The Bertz CT molecular complexity index is 505. The van der Waals surface area contributed by atoms with E-state index < -0.39 is 0 Å². The molecule has 1 aliphatic rings. The normalized spacial score (nSPS) is 18.7. The average molecular weight is 273 g/mol. The van der Waals surface area contributed by atoms with Gasteiger partial charge in [-0.1, -0.05) is 54.2 Å². The molecule has 0 aromatic heterocycles. The number of hydrogen-bond donors (Lipinski definition) is 0. The summed E-state index contributed by atoms with van der Waals surface area (Å²) in [5.41, 5.74) is 1.16. The summed E-state index contributed by atoms with van der Waals surface area (Å²) in [4.78, 5) is 14.2. The highest BCUT2D eigenvalue weighted by molar-refractivity contribution is 8.14. The van der Waals surface area contributed by atoms with Gasteiger partial charge in [0.15, 0.2) is 0 Å². The predicted octanol–water partition coefficient (Wildman–Crippen LogP) is 4.55. The van der Waals surface area contributed by atoms with Crippen molar-refractivity contribution in [1.29, 1.82) is 0 Å². The van der Waals surface area contributed by atoms with Crippen molar-refractivity contribution in [3.63, 3.8) is 0 Å². The van der Waals surface area contributed by atoms with Crippen LogP contribution in [-0.2, 0) is 4.75 Å². The summed E-state index contributed by atoms with van der Waals surface area (Å²) in [6.07, 6.45) is 7.74. The zero-order chi connectivity index (χ0) is 13.9. The van der Waals surface area contributed by atoms with Crippen LogP contribution < -0.4 is 0 Å². The van der Waals surface area contributed by atoms with Gasteiger partial charge in [-0.25, -0.2) is 0 Å². The Balaban J connectivity index is 2.10. The SMILES string of the molecule is CC1C=CC=CN1C(=O)SC(C)(C)c1ccccc1. The Morgan fingerprint density at radius 1 is 1.21 bits per heavy atom. The van der Waals surface area contributed by atoms with Gasteiger partial charge in [-0.3, -0.25) is 4.79 Å². The van der Waals surface area contributed by atoms with Crippen LogP contribution in [0, 0.1) is 0 Å². The Hall–Kier alpha value is -1.48. The van der Waals surface area contributed by atoms with E-state index in [1.165, 1.54) is 11.8 Å². The summed E-state index contributed by atoms with van der Waals surface area (Å²) in [6.45, 7) is 6.19. The molecule has 1 aromatic carbocycles. The van der Waals surface area contributed by atoms with Crippen LogP contribution in [0.1, 0.15) is 26.3 Å². The topological polar surface area (TPSA) is 20.3 Å². The highest BCUT2D eigenvalue weighted by Crippen LogP contribution is 2.37. The molecule has 2 nitrogen and oxygen atoms in total. The van der Waals surface area contributed by atoms with Gasteiger partial charge in [-0.2, -0.15) is 0 Å². The number of amides is 1. The lowest BCUT2D eigenvalue weighted by Gasteiger charge is -2.30. The van der Waals surface area contributed by atoms with Gasteiger partial charge in [-0.15, -0.1) is 0 Å². The van der Waals surface area contributed by atoms with Crippen LogP contribution in [0.5, 0.6) is 0 Å². The third-order valence-corrected chi connectivity index (χ3v) is 4.34. The molecule has 3 heteroatoms. The number of carbonyl (C=O) groups excluding carboxylic acids is 1. The summed E-state index contributed by atoms with van der Waals surface area (Å²) >= 11 is 1.37. The van der Waals surface area contributed by atoms with Gasteiger partial charge in [0.2, 0.25) is 0 Å². The average Bonchev–Trinajstić information content (AvgIpc) is 2.39. The molecule has 1 aromatic rings. The van der Waals surface area contributed by atoms with Crippen LogP contribution >= 0.6 is 11.8 Å². The van der Waals surface area contributed by atoms with Crippen LogP contribution in [0.25, 0.3) is 0 Å². The van der Waals surface area contributed by atoms with Crippen molar-refractivity contribution in [2.24, 2.45) is 0 Å². The molecule has 1 heterocycles. The molecule has 0 N–H and O–H groups in total. The van der Waals surface area contributed by atoms with Crippen molar-refractivity contribution in [2.45, 2.75) is 31.6 Å². The number of nitrogens with zero attached hydrogens (tertiary/aromatic N) is 1. The Morgan fingerprint density at radius 2 is 1.89 bits per heavy atom. The molecule has 0 saturated carbocycles. The van der Waals surface area contributed by atoms with Crippen LogP contribution in [-0.4, -0.2) is 16.2 Å². The molecule has 0 fully saturated rings. The molecule has 1 amide bonds. The first-order valence-corrected chi connectivity index (χ1v) is 7.24. The third-order valence-electron chi connectivity index (χ3n) is 3.21. The number of allylic oxidation sites excluding steroid dienone is 2. The van der Waals surface area contributed by atoms with Crippen LogP contribution in [0.4, 0.5) is 4.79 Å². The van der Waals surface area contributed by atoms with E-state index >= 15 is 0 Å². The second-order valence-electron chi connectivity index (χ2n) is 5.12. The molecule has 1 aliphatic heterocycles.